The van der Waals surface area contributed by atoms with Gasteiger partial charge in [0.1, 0.15) is 5.75 Å². The lowest BCUT2D eigenvalue weighted by Crippen LogP contribution is -2.24. The molecule has 1 unspecified atom stereocenters. The maximum atomic E-state index is 11.0. The van der Waals surface area contributed by atoms with Crippen molar-refractivity contribution in [1.29, 1.82) is 0 Å². The van der Waals surface area contributed by atoms with Crippen molar-refractivity contribution in [3.8, 4) is 5.75 Å². The Morgan fingerprint density at radius 1 is 1.25 bits per heavy atom. The van der Waals surface area contributed by atoms with E-state index in [1.807, 2.05) is 0 Å². The first-order chi connectivity index (χ1) is 7.54. The van der Waals surface area contributed by atoms with Crippen LogP contribution in [-0.4, -0.2) is 30.3 Å². The Morgan fingerprint density at radius 3 is 2.25 bits per heavy atom. The van der Waals surface area contributed by atoms with Gasteiger partial charge in [-0.25, -0.2) is 9.59 Å². The predicted molar refractivity (Wildman–Crippen MR) is 55.5 cm³/mol. The highest BCUT2D eigenvalue weighted by molar-refractivity contribution is 5.87. The summed E-state index contributed by atoms with van der Waals surface area (Å²) in [6.45, 7) is 1.55. The molecule has 0 bridgehead atoms. The topological polar surface area (TPSA) is 72.8 Å². The molecule has 5 nitrogen and oxygen atoms in total. The van der Waals surface area contributed by atoms with Crippen LogP contribution in [0.1, 0.15) is 17.3 Å². The Balaban J connectivity index is 2.68. The molecule has 0 radical (unpaired) electrons. The number of carboxylic acids is 1. The van der Waals surface area contributed by atoms with Crippen LogP contribution in [0.25, 0.3) is 0 Å². The van der Waals surface area contributed by atoms with Gasteiger partial charge in [0.05, 0.1) is 12.7 Å². The van der Waals surface area contributed by atoms with E-state index in [2.05, 4.69) is 4.74 Å². The van der Waals surface area contributed by atoms with Gasteiger partial charge in [-0.15, -0.1) is 0 Å². The van der Waals surface area contributed by atoms with Crippen molar-refractivity contribution in [2.75, 3.05) is 7.11 Å². The fourth-order valence-electron chi connectivity index (χ4n) is 1.09. The average Bonchev–Trinajstić information content (AvgIpc) is 2.28. The molecule has 0 amide bonds. The van der Waals surface area contributed by atoms with Crippen molar-refractivity contribution in [3.05, 3.63) is 29.8 Å². The van der Waals surface area contributed by atoms with Crippen LogP contribution in [-0.2, 0) is 9.53 Å². The zero-order valence-electron chi connectivity index (χ0n) is 8.97. The molecule has 0 aliphatic heterocycles. The van der Waals surface area contributed by atoms with Gasteiger partial charge >= 0.3 is 11.9 Å². The normalized spacial score (nSPS) is 11.6. The molecule has 1 rings (SSSR count). The number of carbonyl (C=O) groups is 2. The third kappa shape index (κ3) is 2.98. The summed E-state index contributed by atoms with van der Waals surface area (Å²) < 4.78 is 9.72. The van der Waals surface area contributed by atoms with Gasteiger partial charge < -0.3 is 14.6 Å². The fourth-order valence-corrected chi connectivity index (χ4v) is 1.09. The summed E-state index contributed by atoms with van der Waals surface area (Å²) >= 11 is 0. The molecule has 0 fully saturated rings. The summed E-state index contributed by atoms with van der Waals surface area (Å²) in [7, 11) is 1.27. The first kappa shape index (κ1) is 12.0. The molecular formula is C11H12O5. The SMILES string of the molecule is COC(=O)C(C)Oc1ccc(C(=O)O)cc1. The highest BCUT2D eigenvalue weighted by Gasteiger charge is 2.14. The van der Waals surface area contributed by atoms with E-state index in [9.17, 15) is 9.59 Å². The van der Waals surface area contributed by atoms with Gasteiger partial charge in [0.15, 0.2) is 6.10 Å². The molecule has 1 N–H and O–H groups in total. The van der Waals surface area contributed by atoms with Gasteiger partial charge in [-0.3, -0.25) is 0 Å². The van der Waals surface area contributed by atoms with Crippen molar-refractivity contribution in [2.45, 2.75) is 13.0 Å². The summed E-state index contributed by atoms with van der Waals surface area (Å²) in [6.07, 6.45) is -0.722. The van der Waals surface area contributed by atoms with Crippen LogP contribution in [0.3, 0.4) is 0 Å². The van der Waals surface area contributed by atoms with E-state index in [1.165, 1.54) is 31.4 Å². The lowest BCUT2D eigenvalue weighted by molar-refractivity contribution is -0.147. The summed E-state index contributed by atoms with van der Waals surface area (Å²) in [5, 5.41) is 8.67. The third-order valence-electron chi connectivity index (χ3n) is 1.95. The zero-order chi connectivity index (χ0) is 12.1. The molecule has 5 heteroatoms. The Hall–Kier alpha value is -2.04. The van der Waals surface area contributed by atoms with Gasteiger partial charge in [0.2, 0.25) is 0 Å². The number of hydrogen-bond donors (Lipinski definition) is 1. The first-order valence-electron chi connectivity index (χ1n) is 4.62. The third-order valence-corrected chi connectivity index (χ3v) is 1.95. The maximum absolute atomic E-state index is 11.0. The van der Waals surface area contributed by atoms with Gasteiger partial charge in [0.25, 0.3) is 0 Å². The van der Waals surface area contributed by atoms with Crippen LogP contribution < -0.4 is 4.74 Å². The van der Waals surface area contributed by atoms with Crippen LogP contribution in [0.5, 0.6) is 5.75 Å². The Kier molecular flexibility index (Phi) is 3.88. The quantitative estimate of drug-likeness (QED) is 0.781. The molecular weight excluding hydrogens is 212 g/mol. The van der Waals surface area contributed by atoms with Crippen LogP contribution in [0.15, 0.2) is 24.3 Å². The fraction of sp³-hybridized carbons (Fsp3) is 0.273. The minimum Gasteiger partial charge on any atom is -0.479 e. The molecule has 0 heterocycles. The van der Waals surface area contributed by atoms with Crippen molar-refractivity contribution in [2.24, 2.45) is 0 Å². The number of ether oxygens (including phenoxy) is 2. The highest BCUT2D eigenvalue weighted by Crippen LogP contribution is 2.14. The molecule has 16 heavy (non-hydrogen) atoms. The summed E-state index contributed by atoms with van der Waals surface area (Å²) in [6, 6.07) is 5.79. The van der Waals surface area contributed by atoms with Crippen LogP contribution in [0.4, 0.5) is 0 Å². The molecule has 0 aromatic heterocycles. The van der Waals surface area contributed by atoms with E-state index in [4.69, 9.17) is 9.84 Å². The average molecular weight is 224 g/mol. The standard InChI is InChI=1S/C11H12O5/c1-7(11(14)15-2)16-9-5-3-8(4-6-9)10(12)13/h3-7H,1-2H3,(H,12,13). The summed E-state index contributed by atoms with van der Waals surface area (Å²) in [5.41, 5.74) is 0.165. The molecule has 86 valence electrons. The molecule has 0 saturated heterocycles. The van der Waals surface area contributed by atoms with E-state index < -0.39 is 18.0 Å². The van der Waals surface area contributed by atoms with E-state index in [1.54, 1.807) is 6.92 Å². The minimum atomic E-state index is -1.01. The number of aromatic carboxylic acids is 1. The second-order valence-corrected chi connectivity index (χ2v) is 3.11. The van der Waals surface area contributed by atoms with Crippen LogP contribution in [0, 0.1) is 0 Å². The number of carbonyl (C=O) groups excluding carboxylic acids is 1. The molecule has 0 spiro atoms. The Morgan fingerprint density at radius 2 is 1.81 bits per heavy atom. The number of esters is 1. The second-order valence-electron chi connectivity index (χ2n) is 3.11. The highest BCUT2D eigenvalue weighted by atomic mass is 16.6. The molecule has 0 aliphatic carbocycles. The zero-order valence-corrected chi connectivity index (χ0v) is 8.97. The van der Waals surface area contributed by atoms with Crippen LogP contribution >= 0.6 is 0 Å². The number of rotatable bonds is 4. The monoisotopic (exact) mass is 224 g/mol. The van der Waals surface area contributed by atoms with E-state index in [-0.39, 0.29) is 5.56 Å². The molecule has 1 aromatic carbocycles. The van der Waals surface area contributed by atoms with Crippen molar-refractivity contribution in [3.63, 3.8) is 0 Å². The Labute approximate surface area is 92.6 Å². The van der Waals surface area contributed by atoms with Gasteiger partial charge in [-0.05, 0) is 31.2 Å². The predicted octanol–water partition coefficient (Wildman–Crippen LogP) is 1.33. The van der Waals surface area contributed by atoms with Gasteiger partial charge in [-0.1, -0.05) is 0 Å². The maximum Gasteiger partial charge on any atom is 0.346 e. The lowest BCUT2D eigenvalue weighted by atomic mass is 10.2. The number of benzene rings is 1. The smallest absolute Gasteiger partial charge is 0.346 e. The number of methoxy groups -OCH3 is 1. The van der Waals surface area contributed by atoms with Crippen molar-refractivity contribution < 1.29 is 24.2 Å². The molecule has 0 aliphatic rings. The van der Waals surface area contributed by atoms with E-state index >= 15 is 0 Å². The van der Waals surface area contributed by atoms with Gasteiger partial charge in [-0.2, -0.15) is 0 Å². The minimum absolute atomic E-state index is 0.165. The largest absolute Gasteiger partial charge is 0.479 e. The van der Waals surface area contributed by atoms with Gasteiger partial charge in [0, 0.05) is 0 Å². The van der Waals surface area contributed by atoms with Crippen molar-refractivity contribution in [1.82, 2.24) is 0 Å². The van der Waals surface area contributed by atoms with Crippen LogP contribution in [0.2, 0.25) is 0 Å². The lowest BCUT2D eigenvalue weighted by Gasteiger charge is -2.12. The second kappa shape index (κ2) is 5.16. The Bertz CT molecular complexity index is 382. The number of hydrogen-bond acceptors (Lipinski definition) is 4. The summed E-state index contributed by atoms with van der Waals surface area (Å²) in [4.78, 5) is 21.6. The van der Waals surface area contributed by atoms with E-state index in [0.717, 1.165) is 0 Å². The molecule has 1 atom stereocenters. The number of carboxylic acid groups (broad SMARTS) is 1. The van der Waals surface area contributed by atoms with E-state index in [0.29, 0.717) is 5.75 Å². The summed E-state index contributed by atoms with van der Waals surface area (Å²) in [5.74, 6) is -1.07. The first-order valence-corrected chi connectivity index (χ1v) is 4.62. The van der Waals surface area contributed by atoms with Crippen molar-refractivity contribution >= 4 is 11.9 Å². The molecule has 1 aromatic rings. The molecule has 0 saturated carbocycles.